The van der Waals surface area contributed by atoms with Crippen molar-refractivity contribution in [2.24, 2.45) is 0 Å². The Balaban J connectivity index is 2.14. The number of hydrogen-bond acceptors (Lipinski definition) is 3. The van der Waals surface area contributed by atoms with Crippen LogP contribution in [0.3, 0.4) is 0 Å². The van der Waals surface area contributed by atoms with E-state index in [1.165, 1.54) is 12.1 Å². The Morgan fingerprint density at radius 3 is 2.81 bits per heavy atom. The third-order valence-corrected chi connectivity index (χ3v) is 2.75. The zero-order valence-electron chi connectivity index (χ0n) is 11.4. The minimum absolute atomic E-state index is 0.137. The third kappa shape index (κ3) is 3.88. The molecule has 0 bridgehead atoms. The van der Waals surface area contributed by atoms with E-state index < -0.39 is 11.7 Å². The molecule has 0 radical (unpaired) electrons. The fraction of sp³-hybridized carbons (Fsp3) is 0.125. The average Bonchev–Trinajstić information content (AvgIpc) is 2.47. The van der Waals surface area contributed by atoms with Gasteiger partial charge in [0.05, 0.1) is 6.20 Å². The number of anilines is 1. The van der Waals surface area contributed by atoms with Crippen LogP contribution in [0.1, 0.15) is 21.6 Å². The lowest BCUT2D eigenvalue weighted by atomic mass is 10.1. The van der Waals surface area contributed by atoms with Crippen LogP contribution < -0.4 is 5.32 Å². The first kappa shape index (κ1) is 14.7. The Bertz CT molecular complexity index is 715. The lowest BCUT2D eigenvalue weighted by Gasteiger charge is -2.07. The summed E-state index contributed by atoms with van der Waals surface area (Å²) in [6, 6.07) is 7.73. The van der Waals surface area contributed by atoms with Gasteiger partial charge < -0.3 is 10.4 Å². The minimum Gasteiger partial charge on any atom is -0.384 e. The van der Waals surface area contributed by atoms with E-state index in [0.29, 0.717) is 5.69 Å². The Kier molecular flexibility index (Phi) is 4.64. The maximum absolute atomic E-state index is 12.8. The molecule has 0 aliphatic carbocycles. The zero-order valence-corrected chi connectivity index (χ0v) is 11.4. The zero-order chi connectivity index (χ0) is 15.2. The molecule has 0 spiro atoms. The van der Waals surface area contributed by atoms with E-state index in [4.69, 9.17) is 5.11 Å². The van der Waals surface area contributed by atoms with E-state index in [0.717, 1.165) is 17.3 Å². The number of nitrogens with zero attached hydrogens (tertiary/aromatic N) is 1. The molecule has 0 saturated heterocycles. The van der Waals surface area contributed by atoms with Crippen molar-refractivity contribution in [2.45, 2.75) is 6.92 Å². The van der Waals surface area contributed by atoms with Crippen molar-refractivity contribution in [1.29, 1.82) is 0 Å². The third-order valence-electron chi connectivity index (χ3n) is 2.75. The van der Waals surface area contributed by atoms with E-state index in [2.05, 4.69) is 22.1 Å². The van der Waals surface area contributed by atoms with E-state index in [-0.39, 0.29) is 12.3 Å². The number of carbonyl (C=O) groups excluding carboxylic acids is 1. The van der Waals surface area contributed by atoms with Crippen LogP contribution in [0.5, 0.6) is 0 Å². The minimum atomic E-state index is -0.491. The van der Waals surface area contributed by atoms with Gasteiger partial charge in [-0.3, -0.25) is 4.79 Å². The summed E-state index contributed by atoms with van der Waals surface area (Å²) in [4.78, 5) is 15.7. The van der Waals surface area contributed by atoms with Gasteiger partial charge in [0.15, 0.2) is 0 Å². The monoisotopic (exact) mass is 284 g/mol. The summed E-state index contributed by atoms with van der Waals surface area (Å²) in [6.45, 7) is 1.65. The highest BCUT2D eigenvalue weighted by Gasteiger charge is 2.08. The second kappa shape index (κ2) is 6.64. The van der Waals surface area contributed by atoms with Gasteiger partial charge in [-0.2, -0.15) is 0 Å². The highest BCUT2D eigenvalue weighted by Crippen LogP contribution is 2.15. The molecule has 2 rings (SSSR count). The van der Waals surface area contributed by atoms with Crippen molar-refractivity contribution in [3.63, 3.8) is 0 Å². The summed E-state index contributed by atoms with van der Waals surface area (Å²) in [5.74, 6) is 4.48. The van der Waals surface area contributed by atoms with Gasteiger partial charge in [0.2, 0.25) is 0 Å². The number of halogens is 1. The van der Waals surface area contributed by atoms with E-state index in [9.17, 15) is 9.18 Å². The van der Waals surface area contributed by atoms with Crippen molar-refractivity contribution in [2.75, 3.05) is 11.9 Å². The Morgan fingerprint density at radius 2 is 2.19 bits per heavy atom. The Morgan fingerprint density at radius 1 is 1.38 bits per heavy atom. The summed E-state index contributed by atoms with van der Waals surface area (Å²) in [5, 5.41) is 11.4. The fourth-order valence-corrected chi connectivity index (χ4v) is 1.72. The highest BCUT2D eigenvalue weighted by molar-refractivity contribution is 6.02. The predicted octanol–water partition coefficient (Wildman–Crippen LogP) is 2.13. The molecule has 0 aliphatic heterocycles. The first-order valence-corrected chi connectivity index (χ1v) is 6.23. The van der Waals surface area contributed by atoms with Crippen molar-refractivity contribution >= 4 is 11.6 Å². The number of carbonyl (C=O) groups is 1. The molecular weight excluding hydrogens is 271 g/mol. The Labute approximate surface area is 121 Å². The first-order chi connectivity index (χ1) is 10.1. The van der Waals surface area contributed by atoms with E-state index in [1.54, 1.807) is 18.2 Å². The van der Waals surface area contributed by atoms with Crippen LogP contribution in [-0.2, 0) is 0 Å². The van der Waals surface area contributed by atoms with Crippen LogP contribution in [0.2, 0.25) is 0 Å². The summed E-state index contributed by atoms with van der Waals surface area (Å²) in [5.41, 5.74) is 2.39. The van der Waals surface area contributed by atoms with Crippen LogP contribution in [0.25, 0.3) is 0 Å². The molecule has 1 heterocycles. The number of rotatable bonds is 2. The predicted molar refractivity (Wildman–Crippen MR) is 77.3 cm³/mol. The number of aryl methyl sites for hydroxylation is 1. The summed E-state index contributed by atoms with van der Waals surface area (Å²) in [7, 11) is 0. The van der Waals surface area contributed by atoms with Gasteiger partial charge in [0, 0.05) is 11.3 Å². The molecule has 1 aromatic heterocycles. The van der Waals surface area contributed by atoms with Crippen molar-refractivity contribution in [3.8, 4) is 11.8 Å². The number of benzene rings is 1. The number of pyridine rings is 1. The van der Waals surface area contributed by atoms with Crippen molar-refractivity contribution in [1.82, 2.24) is 4.98 Å². The normalized spacial score (nSPS) is 9.67. The second-order valence-corrected chi connectivity index (χ2v) is 4.31. The number of aromatic nitrogens is 1. The SMILES string of the molecule is Cc1cc(NC(=O)c2ccc(F)cn2)ccc1C#CCO. The Hall–Kier alpha value is -2.71. The quantitative estimate of drug-likeness (QED) is 0.830. The van der Waals surface area contributed by atoms with Gasteiger partial charge in [0.1, 0.15) is 18.1 Å². The summed E-state index contributed by atoms with van der Waals surface area (Å²) >= 11 is 0. The molecule has 4 nitrogen and oxygen atoms in total. The molecule has 106 valence electrons. The van der Waals surface area contributed by atoms with Crippen LogP contribution in [-0.4, -0.2) is 22.6 Å². The molecule has 0 unspecified atom stereocenters. The van der Waals surface area contributed by atoms with Gasteiger partial charge >= 0.3 is 0 Å². The van der Waals surface area contributed by atoms with E-state index in [1.807, 2.05) is 6.92 Å². The molecule has 2 aromatic rings. The maximum atomic E-state index is 12.8. The fourth-order valence-electron chi connectivity index (χ4n) is 1.72. The van der Waals surface area contributed by atoms with Gasteiger partial charge in [-0.1, -0.05) is 11.8 Å². The molecule has 0 aliphatic rings. The number of aliphatic hydroxyl groups excluding tert-OH is 1. The van der Waals surface area contributed by atoms with Gasteiger partial charge in [-0.15, -0.1) is 0 Å². The van der Waals surface area contributed by atoms with Crippen LogP contribution in [0.15, 0.2) is 36.5 Å². The second-order valence-electron chi connectivity index (χ2n) is 4.31. The molecule has 1 amide bonds. The number of nitrogens with one attached hydrogen (secondary N) is 1. The van der Waals surface area contributed by atoms with Gasteiger partial charge in [0.25, 0.3) is 5.91 Å². The number of amides is 1. The molecular formula is C16H13FN2O2. The molecule has 1 aromatic carbocycles. The molecule has 2 N–H and O–H groups in total. The topological polar surface area (TPSA) is 62.2 Å². The van der Waals surface area contributed by atoms with Crippen molar-refractivity contribution in [3.05, 3.63) is 59.2 Å². The first-order valence-electron chi connectivity index (χ1n) is 6.23. The van der Waals surface area contributed by atoms with Crippen molar-refractivity contribution < 1.29 is 14.3 Å². The lowest BCUT2D eigenvalue weighted by molar-refractivity contribution is 0.102. The van der Waals surface area contributed by atoms with E-state index >= 15 is 0 Å². The standard InChI is InChI=1S/C16H13FN2O2/c1-11-9-14(6-4-12(11)3-2-8-20)19-16(21)15-7-5-13(17)10-18-15/h4-7,9-10,20H,8H2,1H3,(H,19,21). The summed E-state index contributed by atoms with van der Waals surface area (Å²) < 4.78 is 12.8. The molecule has 5 heteroatoms. The molecule has 0 saturated carbocycles. The molecule has 0 fully saturated rings. The van der Waals surface area contributed by atoms with Crippen LogP contribution >= 0.6 is 0 Å². The van der Waals surface area contributed by atoms with Gasteiger partial charge in [-0.25, -0.2) is 9.37 Å². The number of aliphatic hydroxyl groups is 1. The maximum Gasteiger partial charge on any atom is 0.274 e. The van der Waals surface area contributed by atoms with Gasteiger partial charge in [-0.05, 0) is 42.8 Å². The number of hydrogen-bond donors (Lipinski definition) is 2. The van der Waals surface area contributed by atoms with Crippen LogP contribution in [0.4, 0.5) is 10.1 Å². The average molecular weight is 284 g/mol. The summed E-state index contributed by atoms with van der Waals surface area (Å²) in [6.07, 6.45) is 0.994. The molecule has 0 atom stereocenters. The highest BCUT2D eigenvalue weighted by atomic mass is 19.1. The molecule has 21 heavy (non-hydrogen) atoms. The largest absolute Gasteiger partial charge is 0.384 e. The smallest absolute Gasteiger partial charge is 0.274 e. The van der Waals surface area contributed by atoms with Crippen LogP contribution in [0, 0.1) is 24.6 Å². The lowest BCUT2D eigenvalue weighted by Crippen LogP contribution is -2.13.